The number of amides is 1. The monoisotopic (exact) mass is 294 g/mol. The fourth-order valence-electron chi connectivity index (χ4n) is 1.79. The predicted octanol–water partition coefficient (Wildman–Crippen LogP) is 3.06. The van der Waals surface area contributed by atoms with Crippen LogP contribution in [0.25, 0.3) is 0 Å². The highest BCUT2D eigenvalue weighted by atomic mass is 16.5. The Bertz CT molecular complexity index is 672. The summed E-state index contributed by atoms with van der Waals surface area (Å²) < 4.78 is 5.10. The van der Waals surface area contributed by atoms with Gasteiger partial charge in [-0.1, -0.05) is 42.2 Å². The van der Waals surface area contributed by atoms with Crippen molar-refractivity contribution < 1.29 is 9.53 Å². The van der Waals surface area contributed by atoms with Crippen molar-refractivity contribution >= 4 is 6.09 Å². The molecule has 1 aromatic carbocycles. The minimum Gasteiger partial charge on any atom is -0.445 e. The summed E-state index contributed by atoms with van der Waals surface area (Å²) in [5.74, 6) is 6.04. The molecule has 22 heavy (non-hydrogen) atoms. The SMILES string of the molecule is Cc1cc(C#CCCNC(=O)OCc2ccccc2)ccn1. The van der Waals surface area contributed by atoms with Crippen LogP contribution >= 0.6 is 0 Å². The molecule has 1 N–H and O–H groups in total. The van der Waals surface area contributed by atoms with E-state index in [1.165, 1.54) is 0 Å². The number of hydrogen-bond acceptors (Lipinski definition) is 3. The first kappa shape index (κ1) is 15.6. The van der Waals surface area contributed by atoms with E-state index in [-0.39, 0.29) is 6.61 Å². The maximum absolute atomic E-state index is 11.5. The topological polar surface area (TPSA) is 51.2 Å². The molecule has 0 aliphatic heterocycles. The van der Waals surface area contributed by atoms with Crippen LogP contribution in [0.4, 0.5) is 4.79 Å². The second kappa shape index (κ2) is 8.48. The summed E-state index contributed by atoms with van der Waals surface area (Å²) in [7, 11) is 0. The van der Waals surface area contributed by atoms with Crippen LogP contribution in [0.1, 0.15) is 23.2 Å². The van der Waals surface area contributed by atoms with Gasteiger partial charge in [-0.05, 0) is 24.6 Å². The fourth-order valence-corrected chi connectivity index (χ4v) is 1.79. The van der Waals surface area contributed by atoms with Gasteiger partial charge in [0.25, 0.3) is 0 Å². The standard InChI is InChI=1S/C18H18N2O2/c1-15-13-16(10-12-19-15)7-5-6-11-20-18(21)22-14-17-8-3-2-4-9-17/h2-4,8-10,12-13H,6,11,14H2,1H3,(H,20,21). The first-order valence-corrected chi connectivity index (χ1v) is 7.10. The van der Waals surface area contributed by atoms with Gasteiger partial charge >= 0.3 is 6.09 Å². The molecule has 0 aliphatic rings. The summed E-state index contributed by atoms with van der Waals surface area (Å²) >= 11 is 0. The Balaban J connectivity index is 1.65. The van der Waals surface area contributed by atoms with Crippen molar-refractivity contribution in [1.82, 2.24) is 10.3 Å². The van der Waals surface area contributed by atoms with Crippen molar-refractivity contribution in [3.05, 3.63) is 65.5 Å². The summed E-state index contributed by atoms with van der Waals surface area (Å²) in [6, 6.07) is 13.4. The van der Waals surface area contributed by atoms with Crippen LogP contribution in [0.15, 0.2) is 48.7 Å². The Kier molecular flexibility index (Phi) is 6.01. The van der Waals surface area contributed by atoms with Crippen molar-refractivity contribution in [3.63, 3.8) is 0 Å². The Morgan fingerprint density at radius 1 is 1.27 bits per heavy atom. The Hall–Kier alpha value is -2.80. The van der Waals surface area contributed by atoms with E-state index in [0.29, 0.717) is 13.0 Å². The Labute approximate surface area is 130 Å². The lowest BCUT2D eigenvalue weighted by Gasteiger charge is -2.05. The normalized spacial score (nSPS) is 9.50. The summed E-state index contributed by atoms with van der Waals surface area (Å²) in [5, 5.41) is 2.67. The maximum atomic E-state index is 11.5. The zero-order chi connectivity index (χ0) is 15.6. The molecule has 0 fully saturated rings. The third-order valence-corrected chi connectivity index (χ3v) is 2.86. The van der Waals surface area contributed by atoms with Gasteiger partial charge in [-0.3, -0.25) is 4.98 Å². The lowest BCUT2D eigenvalue weighted by Crippen LogP contribution is -2.24. The molecule has 0 unspecified atom stereocenters. The number of alkyl carbamates (subject to hydrolysis) is 1. The number of carbonyl (C=O) groups is 1. The number of rotatable bonds is 4. The number of ether oxygens (including phenoxy) is 1. The second-order valence-corrected chi connectivity index (χ2v) is 4.73. The number of nitrogens with zero attached hydrogens (tertiary/aromatic N) is 1. The molecule has 4 heteroatoms. The summed E-state index contributed by atoms with van der Waals surface area (Å²) in [5.41, 5.74) is 2.83. The summed E-state index contributed by atoms with van der Waals surface area (Å²) in [4.78, 5) is 15.6. The molecule has 0 saturated carbocycles. The number of pyridine rings is 1. The van der Waals surface area contributed by atoms with Crippen LogP contribution in [0.5, 0.6) is 0 Å². The van der Waals surface area contributed by atoms with Gasteiger partial charge in [0.2, 0.25) is 0 Å². The van der Waals surface area contributed by atoms with E-state index in [1.807, 2.05) is 49.4 Å². The number of nitrogens with one attached hydrogen (secondary N) is 1. The van der Waals surface area contributed by atoms with Crippen molar-refractivity contribution in [2.24, 2.45) is 0 Å². The highest BCUT2D eigenvalue weighted by molar-refractivity contribution is 5.67. The highest BCUT2D eigenvalue weighted by Crippen LogP contribution is 2.00. The van der Waals surface area contributed by atoms with E-state index < -0.39 is 6.09 Å². The first-order chi connectivity index (χ1) is 10.7. The fraction of sp³-hybridized carbons (Fsp3) is 0.222. The van der Waals surface area contributed by atoms with Crippen molar-refractivity contribution in [2.45, 2.75) is 20.0 Å². The van der Waals surface area contributed by atoms with Crippen LogP contribution in [0, 0.1) is 18.8 Å². The molecule has 2 aromatic rings. The highest BCUT2D eigenvalue weighted by Gasteiger charge is 2.00. The quantitative estimate of drug-likeness (QED) is 0.696. The molecule has 1 aromatic heterocycles. The van der Waals surface area contributed by atoms with Crippen LogP contribution in [0.3, 0.4) is 0 Å². The molecule has 1 heterocycles. The molecule has 0 bridgehead atoms. The molecule has 0 aliphatic carbocycles. The number of hydrogen-bond donors (Lipinski definition) is 1. The van der Waals surface area contributed by atoms with Gasteiger partial charge in [-0.25, -0.2) is 4.79 Å². The minimum atomic E-state index is -0.426. The van der Waals surface area contributed by atoms with Gasteiger partial charge in [0.15, 0.2) is 0 Å². The van der Waals surface area contributed by atoms with E-state index in [9.17, 15) is 4.79 Å². The average Bonchev–Trinajstić information content (AvgIpc) is 2.54. The zero-order valence-electron chi connectivity index (χ0n) is 12.5. The van der Waals surface area contributed by atoms with Gasteiger partial charge in [-0.15, -0.1) is 0 Å². The van der Waals surface area contributed by atoms with Crippen molar-refractivity contribution in [2.75, 3.05) is 6.54 Å². The average molecular weight is 294 g/mol. The van der Waals surface area contributed by atoms with Gasteiger partial charge in [-0.2, -0.15) is 0 Å². The molecule has 4 nitrogen and oxygen atoms in total. The molecule has 0 atom stereocenters. The summed E-state index contributed by atoms with van der Waals surface area (Å²) in [6.45, 7) is 2.66. The van der Waals surface area contributed by atoms with Gasteiger partial charge in [0.05, 0.1) is 0 Å². The number of benzene rings is 1. The largest absolute Gasteiger partial charge is 0.445 e. The van der Waals surface area contributed by atoms with Crippen LogP contribution < -0.4 is 5.32 Å². The summed E-state index contributed by atoms with van der Waals surface area (Å²) in [6.07, 6.45) is 1.88. The maximum Gasteiger partial charge on any atom is 0.407 e. The van der Waals surface area contributed by atoms with E-state index >= 15 is 0 Å². The molecule has 0 saturated heterocycles. The van der Waals surface area contributed by atoms with Gasteiger partial charge in [0.1, 0.15) is 6.61 Å². The molecule has 0 spiro atoms. The molecule has 2 rings (SSSR count). The minimum absolute atomic E-state index is 0.272. The predicted molar refractivity (Wildman–Crippen MR) is 85.1 cm³/mol. The third-order valence-electron chi connectivity index (χ3n) is 2.86. The smallest absolute Gasteiger partial charge is 0.407 e. The molecular formula is C18H18N2O2. The third kappa shape index (κ3) is 5.68. The van der Waals surface area contributed by atoms with Crippen LogP contribution in [-0.2, 0) is 11.3 Å². The molecule has 0 radical (unpaired) electrons. The van der Waals surface area contributed by atoms with E-state index in [2.05, 4.69) is 22.1 Å². The van der Waals surface area contributed by atoms with E-state index in [0.717, 1.165) is 16.8 Å². The number of aryl methyl sites for hydroxylation is 1. The lowest BCUT2D eigenvalue weighted by atomic mass is 10.2. The number of aromatic nitrogens is 1. The Morgan fingerprint density at radius 3 is 2.86 bits per heavy atom. The Morgan fingerprint density at radius 2 is 2.09 bits per heavy atom. The second-order valence-electron chi connectivity index (χ2n) is 4.73. The molecule has 112 valence electrons. The van der Waals surface area contributed by atoms with Gasteiger partial charge in [0, 0.05) is 30.4 Å². The lowest BCUT2D eigenvalue weighted by molar-refractivity contribution is 0.140. The molecule has 1 amide bonds. The van der Waals surface area contributed by atoms with Crippen molar-refractivity contribution in [3.8, 4) is 11.8 Å². The molecular weight excluding hydrogens is 276 g/mol. The van der Waals surface area contributed by atoms with E-state index in [4.69, 9.17) is 4.74 Å². The number of carbonyl (C=O) groups excluding carboxylic acids is 1. The van der Waals surface area contributed by atoms with Crippen molar-refractivity contribution in [1.29, 1.82) is 0 Å². The van der Waals surface area contributed by atoms with E-state index in [1.54, 1.807) is 6.20 Å². The van der Waals surface area contributed by atoms with Gasteiger partial charge < -0.3 is 10.1 Å². The first-order valence-electron chi connectivity index (χ1n) is 7.10. The zero-order valence-corrected chi connectivity index (χ0v) is 12.5. The van der Waals surface area contributed by atoms with Crippen LogP contribution in [0.2, 0.25) is 0 Å². The van der Waals surface area contributed by atoms with Crippen LogP contribution in [-0.4, -0.2) is 17.6 Å².